The SMILES string of the molecule is COC(=O)CCn1ccc(C(C)=O)c1. The third-order valence-electron chi connectivity index (χ3n) is 1.96. The average molecular weight is 195 g/mol. The molecule has 0 spiro atoms. The van der Waals surface area contributed by atoms with Crippen LogP contribution in [0.15, 0.2) is 18.5 Å². The molecule has 0 radical (unpaired) electrons. The van der Waals surface area contributed by atoms with Gasteiger partial charge in [0.05, 0.1) is 13.5 Å². The normalized spacial score (nSPS) is 9.86. The van der Waals surface area contributed by atoms with Gasteiger partial charge in [-0.15, -0.1) is 0 Å². The van der Waals surface area contributed by atoms with Crippen molar-refractivity contribution in [3.8, 4) is 0 Å². The van der Waals surface area contributed by atoms with E-state index >= 15 is 0 Å². The fraction of sp³-hybridized carbons (Fsp3) is 0.400. The van der Waals surface area contributed by atoms with E-state index in [0.717, 1.165) is 0 Å². The van der Waals surface area contributed by atoms with Crippen molar-refractivity contribution in [3.05, 3.63) is 24.0 Å². The number of esters is 1. The molecule has 0 fully saturated rings. The quantitative estimate of drug-likeness (QED) is 0.536. The molecular weight excluding hydrogens is 182 g/mol. The highest BCUT2D eigenvalue weighted by Gasteiger charge is 2.03. The fourth-order valence-electron chi connectivity index (χ4n) is 1.11. The Bertz CT molecular complexity index is 341. The van der Waals surface area contributed by atoms with Crippen LogP contribution < -0.4 is 0 Å². The van der Waals surface area contributed by atoms with Crippen molar-refractivity contribution in [1.29, 1.82) is 0 Å². The highest BCUT2D eigenvalue weighted by molar-refractivity contribution is 5.93. The first-order valence-electron chi connectivity index (χ1n) is 4.37. The van der Waals surface area contributed by atoms with Crippen LogP contribution in [0.2, 0.25) is 0 Å². The molecule has 1 aromatic rings. The van der Waals surface area contributed by atoms with E-state index in [-0.39, 0.29) is 11.8 Å². The van der Waals surface area contributed by atoms with Crippen LogP contribution in [0, 0.1) is 0 Å². The molecule has 0 atom stereocenters. The summed E-state index contributed by atoms with van der Waals surface area (Å²) in [5, 5.41) is 0. The second-order valence-corrected chi connectivity index (χ2v) is 3.02. The molecule has 0 aliphatic carbocycles. The minimum Gasteiger partial charge on any atom is -0.469 e. The second kappa shape index (κ2) is 4.60. The van der Waals surface area contributed by atoms with Gasteiger partial charge in [0.1, 0.15) is 0 Å². The Labute approximate surface area is 82.5 Å². The summed E-state index contributed by atoms with van der Waals surface area (Å²) < 4.78 is 6.31. The molecule has 0 aliphatic heterocycles. The Morgan fingerprint density at radius 1 is 1.50 bits per heavy atom. The first-order chi connectivity index (χ1) is 6.63. The number of carbonyl (C=O) groups excluding carboxylic acids is 2. The smallest absolute Gasteiger partial charge is 0.307 e. The average Bonchev–Trinajstić information content (AvgIpc) is 2.62. The van der Waals surface area contributed by atoms with Crippen molar-refractivity contribution in [2.45, 2.75) is 19.9 Å². The molecule has 1 heterocycles. The van der Waals surface area contributed by atoms with Gasteiger partial charge < -0.3 is 9.30 Å². The summed E-state index contributed by atoms with van der Waals surface area (Å²) in [5.41, 5.74) is 0.662. The number of aryl methyl sites for hydroxylation is 1. The molecule has 0 unspecified atom stereocenters. The second-order valence-electron chi connectivity index (χ2n) is 3.02. The Balaban J connectivity index is 2.52. The summed E-state index contributed by atoms with van der Waals surface area (Å²) in [7, 11) is 1.36. The standard InChI is InChI=1S/C10H13NO3/c1-8(12)9-3-5-11(7-9)6-4-10(13)14-2/h3,5,7H,4,6H2,1-2H3. The number of carbonyl (C=O) groups is 2. The van der Waals surface area contributed by atoms with Crippen LogP contribution in [0.5, 0.6) is 0 Å². The van der Waals surface area contributed by atoms with Crippen molar-refractivity contribution in [2.75, 3.05) is 7.11 Å². The lowest BCUT2D eigenvalue weighted by Crippen LogP contribution is -2.05. The Morgan fingerprint density at radius 3 is 2.71 bits per heavy atom. The van der Waals surface area contributed by atoms with E-state index < -0.39 is 0 Å². The van der Waals surface area contributed by atoms with E-state index in [2.05, 4.69) is 4.74 Å². The van der Waals surface area contributed by atoms with Gasteiger partial charge in [-0.05, 0) is 13.0 Å². The largest absolute Gasteiger partial charge is 0.469 e. The summed E-state index contributed by atoms with van der Waals surface area (Å²) in [6.45, 7) is 2.06. The minimum absolute atomic E-state index is 0.0295. The minimum atomic E-state index is -0.247. The fourth-order valence-corrected chi connectivity index (χ4v) is 1.11. The van der Waals surface area contributed by atoms with Crippen molar-refractivity contribution < 1.29 is 14.3 Å². The summed E-state index contributed by atoms with van der Waals surface area (Å²) in [4.78, 5) is 21.8. The summed E-state index contributed by atoms with van der Waals surface area (Å²) in [6, 6.07) is 1.74. The first kappa shape index (κ1) is 10.5. The van der Waals surface area contributed by atoms with Crippen molar-refractivity contribution in [2.24, 2.45) is 0 Å². The number of methoxy groups -OCH3 is 1. The molecule has 0 aromatic carbocycles. The number of nitrogens with zero attached hydrogens (tertiary/aromatic N) is 1. The van der Waals surface area contributed by atoms with E-state index in [4.69, 9.17) is 0 Å². The van der Waals surface area contributed by atoms with Gasteiger partial charge in [0.25, 0.3) is 0 Å². The van der Waals surface area contributed by atoms with E-state index in [1.165, 1.54) is 14.0 Å². The molecule has 0 bridgehead atoms. The number of hydrogen-bond donors (Lipinski definition) is 0. The van der Waals surface area contributed by atoms with E-state index in [1.54, 1.807) is 23.0 Å². The van der Waals surface area contributed by atoms with Crippen LogP contribution in [0.4, 0.5) is 0 Å². The Kier molecular flexibility index (Phi) is 3.45. The van der Waals surface area contributed by atoms with Crippen LogP contribution in [0.25, 0.3) is 0 Å². The van der Waals surface area contributed by atoms with Crippen LogP contribution in [0.1, 0.15) is 23.7 Å². The highest BCUT2D eigenvalue weighted by Crippen LogP contribution is 2.03. The van der Waals surface area contributed by atoms with Gasteiger partial charge in [-0.25, -0.2) is 0 Å². The maximum absolute atomic E-state index is 10.9. The summed E-state index contributed by atoms with van der Waals surface area (Å²) >= 11 is 0. The predicted octanol–water partition coefficient (Wildman–Crippen LogP) is 1.25. The number of ether oxygens (including phenoxy) is 1. The maximum Gasteiger partial charge on any atom is 0.307 e. The molecule has 76 valence electrons. The summed E-state index contributed by atoms with van der Waals surface area (Å²) in [6.07, 6.45) is 3.83. The Morgan fingerprint density at radius 2 is 2.21 bits per heavy atom. The monoisotopic (exact) mass is 195 g/mol. The maximum atomic E-state index is 10.9. The van der Waals surface area contributed by atoms with Crippen molar-refractivity contribution in [3.63, 3.8) is 0 Å². The molecule has 4 heteroatoms. The predicted molar refractivity (Wildman–Crippen MR) is 51.1 cm³/mol. The van der Waals surface area contributed by atoms with Gasteiger partial charge in [-0.1, -0.05) is 0 Å². The molecule has 0 saturated carbocycles. The van der Waals surface area contributed by atoms with Gasteiger partial charge in [-0.2, -0.15) is 0 Å². The third-order valence-corrected chi connectivity index (χ3v) is 1.96. The number of Topliss-reactive ketones (excluding diaryl/α,β-unsaturated/α-hetero) is 1. The molecule has 0 saturated heterocycles. The van der Waals surface area contributed by atoms with Gasteiger partial charge in [0, 0.05) is 24.5 Å². The lowest BCUT2D eigenvalue weighted by molar-refractivity contribution is -0.140. The molecular formula is C10H13NO3. The van der Waals surface area contributed by atoms with Crippen LogP contribution in [-0.4, -0.2) is 23.4 Å². The lowest BCUT2D eigenvalue weighted by atomic mass is 10.2. The topological polar surface area (TPSA) is 48.3 Å². The number of ketones is 1. The molecule has 0 aliphatic rings. The zero-order valence-corrected chi connectivity index (χ0v) is 8.32. The van der Waals surface area contributed by atoms with Gasteiger partial charge >= 0.3 is 5.97 Å². The molecule has 0 amide bonds. The van der Waals surface area contributed by atoms with E-state index in [1.807, 2.05) is 0 Å². The molecule has 4 nitrogen and oxygen atoms in total. The van der Waals surface area contributed by atoms with Crippen LogP contribution in [0.3, 0.4) is 0 Å². The van der Waals surface area contributed by atoms with Crippen LogP contribution in [-0.2, 0) is 16.1 Å². The molecule has 0 N–H and O–H groups in total. The number of rotatable bonds is 4. The summed E-state index contributed by atoms with van der Waals surface area (Å²) in [5.74, 6) is -0.218. The third kappa shape index (κ3) is 2.73. The van der Waals surface area contributed by atoms with Crippen LogP contribution >= 0.6 is 0 Å². The molecule has 14 heavy (non-hydrogen) atoms. The highest BCUT2D eigenvalue weighted by atomic mass is 16.5. The zero-order chi connectivity index (χ0) is 10.6. The van der Waals surface area contributed by atoms with Crippen molar-refractivity contribution in [1.82, 2.24) is 4.57 Å². The van der Waals surface area contributed by atoms with Gasteiger partial charge in [0.15, 0.2) is 5.78 Å². The number of hydrogen-bond acceptors (Lipinski definition) is 3. The van der Waals surface area contributed by atoms with Crippen molar-refractivity contribution >= 4 is 11.8 Å². The molecule has 1 aromatic heterocycles. The first-order valence-corrected chi connectivity index (χ1v) is 4.37. The number of aromatic nitrogens is 1. The van der Waals surface area contributed by atoms with Gasteiger partial charge in [0.2, 0.25) is 0 Å². The van der Waals surface area contributed by atoms with E-state index in [9.17, 15) is 9.59 Å². The van der Waals surface area contributed by atoms with E-state index in [0.29, 0.717) is 18.5 Å². The van der Waals surface area contributed by atoms with Gasteiger partial charge in [-0.3, -0.25) is 9.59 Å². The zero-order valence-electron chi connectivity index (χ0n) is 8.32. The Hall–Kier alpha value is -1.58. The molecule has 1 rings (SSSR count). The lowest BCUT2D eigenvalue weighted by Gasteiger charge is -2.00.